The van der Waals surface area contributed by atoms with Crippen molar-refractivity contribution < 1.29 is 13.9 Å². The Labute approximate surface area is 255 Å². The average molecular weight is 613 g/mol. The van der Waals surface area contributed by atoms with Crippen LogP contribution >= 0.6 is 34.7 Å². The standard InChI is InChI=1S/C33H25ClN2O4S2/c1-38-26-15-8-20(17-27(26)39-2)31-25-14-7-19-5-3-4-6-24(19)30(25)35-33-36(31)32(37)28(42-33)18-22-11-16-29(40-22)41-23-12-9-21(34)10-13-23/h3-6,8-13,15-18,31H,7,14H2,1-2H3/b28-18-/t31-/m1/s1. The largest absolute Gasteiger partial charge is 0.493 e. The molecule has 0 unspecified atom stereocenters. The molecule has 9 heteroatoms. The molecule has 0 radical (unpaired) electrons. The van der Waals surface area contributed by atoms with E-state index in [-0.39, 0.29) is 11.6 Å². The third-order valence-corrected chi connectivity index (χ3v) is 9.67. The Hall–Kier alpha value is -3.98. The fourth-order valence-corrected chi connectivity index (χ4v) is 7.45. The summed E-state index contributed by atoms with van der Waals surface area (Å²) in [5, 5.41) is 1.41. The second-order valence-electron chi connectivity index (χ2n) is 9.94. The molecule has 0 bridgehead atoms. The van der Waals surface area contributed by atoms with Crippen LogP contribution in [0.1, 0.15) is 34.9 Å². The molecule has 1 aliphatic carbocycles. The van der Waals surface area contributed by atoms with Crippen LogP contribution < -0.4 is 24.4 Å². The third-order valence-electron chi connectivity index (χ3n) is 7.50. The van der Waals surface area contributed by atoms with Crippen molar-refractivity contribution >= 4 is 46.5 Å². The van der Waals surface area contributed by atoms with E-state index in [1.165, 1.54) is 28.7 Å². The van der Waals surface area contributed by atoms with E-state index in [2.05, 4.69) is 18.2 Å². The Kier molecular flexibility index (Phi) is 7.06. The van der Waals surface area contributed by atoms with Crippen molar-refractivity contribution in [3.05, 3.63) is 132 Å². The zero-order valence-corrected chi connectivity index (χ0v) is 25.2. The van der Waals surface area contributed by atoms with Crippen molar-refractivity contribution in [3.8, 4) is 11.5 Å². The van der Waals surface area contributed by atoms with Gasteiger partial charge in [-0.1, -0.05) is 65.0 Å². The number of hydrogen-bond acceptors (Lipinski definition) is 7. The van der Waals surface area contributed by atoms with Crippen LogP contribution in [0.4, 0.5) is 0 Å². The summed E-state index contributed by atoms with van der Waals surface area (Å²) in [7, 11) is 3.24. The molecule has 0 saturated heterocycles. The lowest BCUT2D eigenvalue weighted by molar-refractivity contribution is 0.354. The van der Waals surface area contributed by atoms with Crippen molar-refractivity contribution in [2.75, 3.05) is 14.2 Å². The Morgan fingerprint density at radius 2 is 1.81 bits per heavy atom. The fourth-order valence-electron chi connectivity index (χ4n) is 5.56. The van der Waals surface area contributed by atoms with E-state index >= 15 is 0 Å². The van der Waals surface area contributed by atoms with Gasteiger partial charge in [-0.25, -0.2) is 4.99 Å². The third kappa shape index (κ3) is 4.79. The van der Waals surface area contributed by atoms with Crippen LogP contribution in [0.25, 0.3) is 11.8 Å². The monoisotopic (exact) mass is 612 g/mol. The van der Waals surface area contributed by atoms with Gasteiger partial charge >= 0.3 is 0 Å². The minimum atomic E-state index is -0.320. The molecule has 0 N–H and O–H groups in total. The van der Waals surface area contributed by atoms with Crippen LogP contribution in [0.2, 0.25) is 5.02 Å². The lowest BCUT2D eigenvalue weighted by Crippen LogP contribution is -2.38. The van der Waals surface area contributed by atoms with E-state index in [9.17, 15) is 4.79 Å². The number of aryl methyl sites for hydroxylation is 1. The number of nitrogens with zero attached hydrogens (tertiary/aromatic N) is 2. The Morgan fingerprint density at radius 3 is 2.62 bits per heavy atom. The summed E-state index contributed by atoms with van der Waals surface area (Å²) < 4.78 is 19.6. The Bertz CT molecular complexity index is 2040. The molecule has 0 saturated carbocycles. The number of halogens is 1. The lowest BCUT2D eigenvalue weighted by atomic mass is 9.83. The van der Waals surface area contributed by atoms with E-state index < -0.39 is 0 Å². The van der Waals surface area contributed by atoms with Crippen LogP contribution in [0.5, 0.6) is 11.5 Å². The minimum absolute atomic E-state index is 0.104. The van der Waals surface area contributed by atoms with Crippen LogP contribution in [0.3, 0.4) is 0 Å². The molecular weight excluding hydrogens is 588 g/mol. The number of rotatable bonds is 6. The molecule has 6 nitrogen and oxygen atoms in total. The summed E-state index contributed by atoms with van der Waals surface area (Å²) in [5.74, 6) is 1.87. The molecule has 1 atom stereocenters. The summed E-state index contributed by atoms with van der Waals surface area (Å²) in [6, 6.07) is 25.3. The van der Waals surface area contributed by atoms with Gasteiger partial charge in [0.1, 0.15) is 5.76 Å². The number of ether oxygens (including phenoxy) is 2. The van der Waals surface area contributed by atoms with Gasteiger partial charge in [0, 0.05) is 21.6 Å². The number of furan rings is 1. The van der Waals surface area contributed by atoms with Crippen LogP contribution in [0, 0.1) is 0 Å². The summed E-state index contributed by atoms with van der Waals surface area (Å²) in [6.45, 7) is 0. The van der Waals surface area contributed by atoms with Gasteiger partial charge in [0.2, 0.25) is 0 Å². The van der Waals surface area contributed by atoms with E-state index in [0.29, 0.717) is 31.6 Å². The highest BCUT2D eigenvalue weighted by Gasteiger charge is 2.33. The second-order valence-corrected chi connectivity index (χ2v) is 12.5. The number of methoxy groups -OCH3 is 2. The maximum Gasteiger partial charge on any atom is 0.271 e. The normalized spacial score (nSPS) is 16.0. The predicted molar refractivity (Wildman–Crippen MR) is 167 cm³/mol. The Balaban J connectivity index is 1.35. The lowest BCUT2D eigenvalue weighted by Gasteiger charge is -2.31. The first-order chi connectivity index (χ1) is 20.5. The van der Waals surface area contributed by atoms with Crippen molar-refractivity contribution in [2.24, 2.45) is 4.99 Å². The van der Waals surface area contributed by atoms with E-state index in [4.69, 9.17) is 30.5 Å². The molecule has 0 fully saturated rings. The SMILES string of the molecule is COc1ccc([C@@H]2C3=C(N=c4s/c(=C\c5ccc(Sc6ccc(Cl)cc6)o5)c(=O)n42)c2ccccc2CC3)cc1OC. The van der Waals surface area contributed by atoms with E-state index in [0.717, 1.165) is 45.2 Å². The summed E-state index contributed by atoms with van der Waals surface area (Å²) >= 11 is 8.89. The number of allylic oxidation sites excluding steroid dienone is 1. The summed E-state index contributed by atoms with van der Waals surface area (Å²) in [6.07, 6.45) is 3.50. The van der Waals surface area contributed by atoms with Crippen molar-refractivity contribution in [1.29, 1.82) is 0 Å². The minimum Gasteiger partial charge on any atom is -0.493 e. The van der Waals surface area contributed by atoms with Crippen molar-refractivity contribution in [3.63, 3.8) is 0 Å². The smallest absolute Gasteiger partial charge is 0.271 e. The summed E-state index contributed by atoms with van der Waals surface area (Å²) in [5.41, 5.74) is 5.31. The van der Waals surface area contributed by atoms with Gasteiger partial charge in [-0.3, -0.25) is 9.36 Å². The predicted octanol–water partition coefficient (Wildman–Crippen LogP) is 6.73. The molecule has 3 heterocycles. The molecule has 2 aliphatic rings. The van der Waals surface area contributed by atoms with Gasteiger partial charge in [-0.05, 0) is 78.1 Å². The molecule has 0 amide bonds. The highest BCUT2D eigenvalue weighted by molar-refractivity contribution is 7.99. The van der Waals surface area contributed by atoms with E-state index in [1.807, 2.05) is 65.2 Å². The van der Waals surface area contributed by atoms with Gasteiger partial charge in [-0.15, -0.1) is 0 Å². The molecule has 1 aliphatic heterocycles. The molecule has 42 heavy (non-hydrogen) atoms. The highest BCUT2D eigenvalue weighted by atomic mass is 35.5. The quantitative estimate of drug-likeness (QED) is 0.213. The first-order valence-corrected chi connectivity index (χ1v) is 15.4. The zero-order valence-electron chi connectivity index (χ0n) is 22.8. The van der Waals surface area contributed by atoms with Crippen LogP contribution in [-0.4, -0.2) is 18.8 Å². The fraction of sp³-hybridized carbons (Fsp3) is 0.152. The number of thiazole rings is 1. The maximum atomic E-state index is 14.1. The molecule has 5 aromatic rings. The van der Waals surface area contributed by atoms with E-state index in [1.54, 1.807) is 20.3 Å². The van der Waals surface area contributed by atoms with Crippen molar-refractivity contribution in [2.45, 2.75) is 28.9 Å². The summed E-state index contributed by atoms with van der Waals surface area (Å²) in [4.78, 5) is 20.8. The van der Waals surface area contributed by atoms with Gasteiger partial charge in [0.25, 0.3) is 5.56 Å². The molecular formula is C33H25ClN2O4S2. The number of benzene rings is 3. The van der Waals surface area contributed by atoms with Crippen LogP contribution in [0.15, 0.2) is 109 Å². The second kappa shape index (κ2) is 11.0. The van der Waals surface area contributed by atoms with Gasteiger partial charge in [0.15, 0.2) is 21.4 Å². The topological polar surface area (TPSA) is 66.0 Å². The van der Waals surface area contributed by atoms with Gasteiger partial charge < -0.3 is 13.9 Å². The average Bonchev–Trinajstić information content (AvgIpc) is 3.59. The van der Waals surface area contributed by atoms with Crippen LogP contribution in [-0.2, 0) is 6.42 Å². The molecule has 3 aromatic carbocycles. The highest BCUT2D eigenvalue weighted by Crippen LogP contribution is 2.42. The molecule has 2 aromatic heterocycles. The zero-order chi connectivity index (χ0) is 28.8. The molecule has 0 spiro atoms. The number of aromatic nitrogens is 1. The first kappa shape index (κ1) is 26.9. The van der Waals surface area contributed by atoms with Gasteiger partial charge in [-0.2, -0.15) is 0 Å². The first-order valence-electron chi connectivity index (χ1n) is 13.4. The van der Waals surface area contributed by atoms with Crippen molar-refractivity contribution in [1.82, 2.24) is 4.57 Å². The number of hydrogen-bond donors (Lipinski definition) is 0. The molecule has 7 rings (SSSR count). The number of fused-ring (bicyclic) bond motifs is 3. The Morgan fingerprint density at radius 1 is 1.00 bits per heavy atom. The van der Waals surface area contributed by atoms with Gasteiger partial charge in [0.05, 0.1) is 30.5 Å². The molecule has 210 valence electrons. The maximum absolute atomic E-state index is 14.1.